The molecule has 1 fully saturated rings. The molecule has 0 saturated carbocycles. The summed E-state index contributed by atoms with van der Waals surface area (Å²) in [6.45, 7) is 9.77. The van der Waals surface area contributed by atoms with Crippen LogP contribution in [0.5, 0.6) is 0 Å². The van der Waals surface area contributed by atoms with Gasteiger partial charge in [0.15, 0.2) is 0 Å². The lowest BCUT2D eigenvalue weighted by Crippen LogP contribution is -2.54. The van der Waals surface area contributed by atoms with Crippen LogP contribution in [-0.4, -0.2) is 95.4 Å². The summed E-state index contributed by atoms with van der Waals surface area (Å²) in [5.41, 5.74) is 3.17. The second-order valence-corrected chi connectivity index (χ2v) is 14.3. The maximum atomic E-state index is 9.55. The summed E-state index contributed by atoms with van der Waals surface area (Å²) in [4.78, 5) is 43.4. The molecule has 4 N–H and O–H groups in total. The van der Waals surface area contributed by atoms with E-state index < -0.39 is 32.0 Å². The molecule has 0 aliphatic carbocycles. The monoisotopic (exact) mass is 568 g/mol. The van der Waals surface area contributed by atoms with Gasteiger partial charge in [-0.3, -0.25) is 4.90 Å². The predicted molar refractivity (Wildman–Crippen MR) is 154 cm³/mol. The Hall–Kier alpha value is -4.06. The summed E-state index contributed by atoms with van der Waals surface area (Å²) in [6, 6.07) is 19.0. The predicted octanol–water partition coefficient (Wildman–Crippen LogP) is 1.78. The highest BCUT2D eigenvalue weighted by atomic mass is 28.3. The van der Waals surface area contributed by atoms with Crippen molar-refractivity contribution in [2.45, 2.75) is 25.6 Å². The molecule has 10 nitrogen and oxygen atoms in total. The van der Waals surface area contributed by atoms with Gasteiger partial charge in [-0.15, -0.1) is 0 Å². The SMILES string of the molecule is CN1CCN(C2Cc3ccccc3[Si](C)(C)c3ccccc32)CC1.O=C(O)/C=C/C(=O)O.O=C(O)/C=C/C(=O)O. The highest BCUT2D eigenvalue weighted by Crippen LogP contribution is 2.30. The minimum Gasteiger partial charge on any atom is -0.478 e. The van der Waals surface area contributed by atoms with E-state index >= 15 is 0 Å². The number of carboxylic acids is 4. The van der Waals surface area contributed by atoms with Gasteiger partial charge in [0.1, 0.15) is 8.07 Å². The minimum absolute atomic E-state index is 0.533. The van der Waals surface area contributed by atoms with E-state index in [1.807, 2.05) is 0 Å². The summed E-state index contributed by atoms with van der Waals surface area (Å²) in [5.74, 6) is -5.03. The molecule has 1 unspecified atom stereocenters. The fraction of sp³-hybridized carbons (Fsp3) is 0.310. The molecular weight excluding hydrogens is 532 g/mol. The Balaban J connectivity index is 0.000000290. The number of benzene rings is 2. The van der Waals surface area contributed by atoms with Crippen molar-refractivity contribution in [1.29, 1.82) is 0 Å². The van der Waals surface area contributed by atoms with Gasteiger partial charge in [0.05, 0.1) is 0 Å². The molecule has 0 aromatic heterocycles. The molecule has 0 radical (unpaired) electrons. The second-order valence-electron chi connectivity index (χ2n) is 9.95. The molecule has 0 amide bonds. The van der Waals surface area contributed by atoms with Crippen LogP contribution in [0.4, 0.5) is 0 Å². The zero-order valence-corrected chi connectivity index (χ0v) is 23.9. The fourth-order valence-electron chi connectivity index (χ4n) is 4.87. The number of aliphatic carboxylic acids is 4. The van der Waals surface area contributed by atoms with Crippen molar-refractivity contribution in [3.05, 3.63) is 84.0 Å². The third-order valence-electron chi connectivity index (χ3n) is 6.81. The minimum atomic E-state index is -1.64. The van der Waals surface area contributed by atoms with Crippen LogP contribution >= 0.6 is 0 Å². The van der Waals surface area contributed by atoms with Gasteiger partial charge in [0, 0.05) is 56.5 Å². The van der Waals surface area contributed by atoms with E-state index in [1.54, 1.807) is 21.5 Å². The average Bonchev–Trinajstić information content (AvgIpc) is 3.00. The van der Waals surface area contributed by atoms with Crippen LogP contribution in [-0.2, 0) is 25.6 Å². The van der Waals surface area contributed by atoms with Gasteiger partial charge in [-0.1, -0.05) is 66.8 Å². The Labute approximate surface area is 234 Å². The van der Waals surface area contributed by atoms with Crippen molar-refractivity contribution in [3.63, 3.8) is 0 Å². The molecular formula is C29H36N2O8Si. The topological polar surface area (TPSA) is 156 Å². The molecule has 0 spiro atoms. The van der Waals surface area contributed by atoms with Crippen molar-refractivity contribution in [3.8, 4) is 0 Å². The number of rotatable bonds is 5. The van der Waals surface area contributed by atoms with E-state index in [9.17, 15) is 19.2 Å². The smallest absolute Gasteiger partial charge is 0.328 e. The zero-order valence-electron chi connectivity index (χ0n) is 22.9. The third kappa shape index (κ3) is 9.60. The van der Waals surface area contributed by atoms with Crippen LogP contribution in [0.3, 0.4) is 0 Å². The Kier molecular flexibility index (Phi) is 12.0. The zero-order chi connectivity index (χ0) is 29.9. The number of nitrogens with zero attached hydrogens (tertiary/aromatic N) is 2. The Morgan fingerprint density at radius 2 is 1.12 bits per heavy atom. The van der Waals surface area contributed by atoms with Gasteiger partial charge in [-0.25, -0.2) is 19.2 Å². The molecule has 2 aromatic carbocycles. The number of likely N-dealkylation sites (N-methyl/N-ethyl adjacent to an activating group) is 1. The lowest BCUT2D eigenvalue weighted by molar-refractivity contribution is -0.134. The molecule has 1 atom stereocenters. The van der Waals surface area contributed by atoms with Crippen molar-refractivity contribution >= 4 is 42.3 Å². The summed E-state index contributed by atoms with van der Waals surface area (Å²) in [5, 5.41) is 34.5. The van der Waals surface area contributed by atoms with Crippen LogP contribution in [0.15, 0.2) is 72.8 Å². The quantitative estimate of drug-likeness (QED) is 0.310. The second kappa shape index (κ2) is 14.9. The summed E-state index contributed by atoms with van der Waals surface area (Å²) >= 11 is 0. The molecule has 40 heavy (non-hydrogen) atoms. The van der Waals surface area contributed by atoms with Crippen molar-refractivity contribution in [1.82, 2.24) is 9.80 Å². The number of fused-ring (bicyclic) bond motifs is 2. The Morgan fingerprint density at radius 3 is 1.60 bits per heavy atom. The molecule has 0 bridgehead atoms. The van der Waals surface area contributed by atoms with Gasteiger partial charge < -0.3 is 25.3 Å². The molecule has 1 saturated heterocycles. The van der Waals surface area contributed by atoms with Gasteiger partial charge >= 0.3 is 23.9 Å². The lowest BCUT2D eigenvalue weighted by Gasteiger charge is -2.38. The number of hydrogen-bond acceptors (Lipinski definition) is 6. The average molecular weight is 569 g/mol. The molecule has 2 aromatic rings. The van der Waals surface area contributed by atoms with E-state index in [1.165, 1.54) is 26.2 Å². The summed E-state index contributed by atoms with van der Waals surface area (Å²) in [6.07, 6.45) is 3.39. The first-order valence-electron chi connectivity index (χ1n) is 12.7. The van der Waals surface area contributed by atoms with Crippen molar-refractivity contribution in [2.75, 3.05) is 33.2 Å². The van der Waals surface area contributed by atoms with Crippen LogP contribution < -0.4 is 10.4 Å². The first-order valence-corrected chi connectivity index (χ1v) is 15.7. The van der Waals surface area contributed by atoms with Crippen LogP contribution in [0, 0.1) is 0 Å². The summed E-state index contributed by atoms with van der Waals surface area (Å²) in [7, 11) is 0.602. The van der Waals surface area contributed by atoms with Crippen LogP contribution in [0.2, 0.25) is 13.1 Å². The van der Waals surface area contributed by atoms with Crippen molar-refractivity contribution in [2.24, 2.45) is 0 Å². The third-order valence-corrected chi connectivity index (χ3v) is 10.4. The highest BCUT2D eigenvalue weighted by molar-refractivity contribution is 7.01. The molecule has 2 heterocycles. The van der Waals surface area contributed by atoms with E-state index in [2.05, 4.69) is 78.5 Å². The number of carboxylic acid groups (broad SMARTS) is 4. The first kappa shape index (κ1) is 32.2. The van der Waals surface area contributed by atoms with Gasteiger partial charge in [0.25, 0.3) is 0 Å². The summed E-state index contributed by atoms with van der Waals surface area (Å²) < 4.78 is 0. The first-order chi connectivity index (χ1) is 18.8. The number of hydrogen-bond donors (Lipinski definition) is 4. The Bertz CT molecular complexity index is 1200. The van der Waals surface area contributed by atoms with Gasteiger partial charge in [-0.05, 0) is 29.8 Å². The van der Waals surface area contributed by atoms with Crippen LogP contribution in [0.1, 0.15) is 17.2 Å². The normalized spacial score (nSPS) is 18.2. The highest BCUT2D eigenvalue weighted by Gasteiger charge is 2.37. The van der Waals surface area contributed by atoms with E-state index in [-0.39, 0.29) is 0 Å². The van der Waals surface area contributed by atoms with Gasteiger partial charge in [0.2, 0.25) is 0 Å². The standard InChI is InChI=1S/C21H28N2Si.2C4H4O4/c1-22-12-14-23(15-13-22)19-16-17-8-4-6-10-20(17)24(2,3)21-11-7-5-9-18(19)21;2*5-3(6)1-2-4(7)8/h4-11,19H,12-16H2,1-3H3;2*1-2H,(H,5,6)(H,7,8)/b;2*2-1+. The fourth-order valence-corrected chi connectivity index (χ4v) is 8.15. The lowest BCUT2D eigenvalue weighted by atomic mass is 9.97. The molecule has 4 rings (SSSR count). The maximum absolute atomic E-state index is 9.55. The molecule has 2 aliphatic rings. The van der Waals surface area contributed by atoms with Crippen molar-refractivity contribution < 1.29 is 39.6 Å². The number of carbonyl (C=O) groups is 4. The number of piperazine rings is 1. The van der Waals surface area contributed by atoms with E-state index in [0.717, 1.165) is 6.42 Å². The van der Waals surface area contributed by atoms with Crippen LogP contribution in [0.25, 0.3) is 0 Å². The van der Waals surface area contributed by atoms with Gasteiger partial charge in [-0.2, -0.15) is 0 Å². The largest absolute Gasteiger partial charge is 0.478 e. The Morgan fingerprint density at radius 1 is 0.700 bits per heavy atom. The molecule has 2 aliphatic heterocycles. The van der Waals surface area contributed by atoms with E-state index in [0.29, 0.717) is 30.3 Å². The molecule has 214 valence electrons. The van der Waals surface area contributed by atoms with E-state index in [4.69, 9.17) is 20.4 Å². The molecule has 11 heteroatoms. The maximum Gasteiger partial charge on any atom is 0.328 e.